The number of aromatic nitrogens is 3. The Morgan fingerprint density at radius 2 is 2.37 bits per heavy atom. The third kappa shape index (κ3) is 3.11. The van der Waals surface area contributed by atoms with Crippen molar-refractivity contribution in [1.82, 2.24) is 14.8 Å². The summed E-state index contributed by atoms with van der Waals surface area (Å²) in [5.41, 5.74) is 2.54. The maximum absolute atomic E-state index is 11.3. The monoisotopic (exact) mass is 280 g/mol. The van der Waals surface area contributed by atoms with Crippen molar-refractivity contribution in [1.29, 1.82) is 0 Å². The number of nitrogens with zero attached hydrogens (tertiary/aromatic N) is 3. The number of ether oxygens (including phenoxy) is 1. The minimum Gasteiger partial charge on any atom is -0.464 e. The molecule has 0 saturated heterocycles. The lowest BCUT2D eigenvalue weighted by Gasteiger charge is -2.01. The third-order valence-electron chi connectivity index (χ3n) is 2.66. The minimum atomic E-state index is -0.417. The highest BCUT2D eigenvalue weighted by Gasteiger charge is 2.11. The number of methoxy groups -OCH3 is 1. The summed E-state index contributed by atoms with van der Waals surface area (Å²) in [6.07, 6.45) is 2.88. The van der Waals surface area contributed by atoms with E-state index in [2.05, 4.69) is 27.1 Å². The smallest absolute Gasteiger partial charge is 0.357 e. The lowest BCUT2D eigenvalue weighted by Crippen LogP contribution is -2.03. The zero-order valence-corrected chi connectivity index (χ0v) is 12.0. The fraction of sp³-hybridized carbons (Fsp3) is 0.417. The molecule has 2 rings (SSSR count). The van der Waals surface area contributed by atoms with Crippen LogP contribution in [-0.2, 0) is 24.8 Å². The largest absolute Gasteiger partial charge is 0.464 e. The average Bonchev–Trinajstić information content (AvgIpc) is 3.01. The maximum Gasteiger partial charge on any atom is 0.357 e. The molecule has 0 spiro atoms. The average molecular weight is 280 g/mol. The van der Waals surface area contributed by atoms with E-state index < -0.39 is 5.97 Å². The molecule has 0 aliphatic heterocycles. The van der Waals surface area contributed by atoms with Gasteiger partial charge in [-0.3, -0.25) is 4.68 Å². The SMILES string of the molecule is CCc1nn(C)cc1CNc1nc(C(=O)OC)cs1. The highest BCUT2D eigenvalue weighted by molar-refractivity contribution is 7.13. The van der Waals surface area contributed by atoms with Crippen LogP contribution in [0.5, 0.6) is 0 Å². The first-order valence-corrected chi connectivity index (χ1v) is 6.81. The van der Waals surface area contributed by atoms with Crippen molar-refractivity contribution < 1.29 is 9.53 Å². The topological polar surface area (TPSA) is 69.0 Å². The van der Waals surface area contributed by atoms with Gasteiger partial charge >= 0.3 is 5.97 Å². The van der Waals surface area contributed by atoms with Gasteiger partial charge in [-0.25, -0.2) is 9.78 Å². The van der Waals surface area contributed by atoms with Crippen molar-refractivity contribution >= 4 is 22.4 Å². The Morgan fingerprint density at radius 3 is 3.05 bits per heavy atom. The maximum atomic E-state index is 11.3. The molecule has 0 aliphatic carbocycles. The van der Waals surface area contributed by atoms with E-state index in [1.807, 2.05) is 13.2 Å². The second-order valence-corrected chi connectivity index (χ2v) is 4.87. The molecule has 0 atom stereocenters. The molecule has 2 aromatic heterocycles. The Balaban J connectivity index is 2.02. The summed E-state index contributed by atoms with van der Waals surface area (Å²) in [4.78, 5) is 15.4. The van der Waals surface area contributed by atoms with Crippen molar-refractivity contribution in [2.75, 3.05) is 12.4 Å². The lowest BCUT2D eigenvalue weighted by atomic mass is 10.2. The van der Waals surface area contributed by atoms with Crippen molar-refractivity contribution in [2.24, 2.45) is 7.05 Å². The molecule has 0 aromatic carbocycles. The van der Waals surface area contributed by atoms with E-state index in [-0.39, 0.29) is 0 Å². The fourth-order valence-electron chi connectivity index (χ4n) is 1.75. The van der Waals surface area contributed by atoms with E-state index in [4.69, 9.17) is 0 Å². The van der Waals surface area contributed by atoms with Crippen LogP contribution in [0.15, 0.2) is 11.6 Å². The van der Waals surface area contributed by atoms with E-state index in [0.29, 0.717) is 17.4 Å². The Hall–Kier alpha value is -1.89. The summed E-state index contributed by atoms with van der Waals surface area (Å²) in [5, 5.41) is 9.95. The van der Waals surface area contributed by atoms with E-state index in [9.17, 15) is 4.79 Å². The molecule has 1 N–H and O–H groups in total. The minimum absolute atomic E-state index is 0.330. The Labute approximate surface area is 115 Å². The third-order valence-corrected chi connectivity index (χ3v) is 3.46. The number of carbonyl (C=O) groups is 1. The molecule has 0 aliphatic rings. The van der Waals surface area contributed by atoms with Gasteiger partial charge in [0.1, 0.15) is 0 Å². The van der Waals surface area contributed by atoms with Crippen LogP contribution < -0.4 is 5.32 Å². The quantitative estimate of drug-likeness (QED) is 0.846. The van der Waals surface area contributed by atoms with Gasteiger partial charge < -0.3 is 10.1 Å². The normalized spacial score (nSPS) is 10.5. The number of nitrogens with one attached hydrogen (secondary N) is 1. The summed E-state index contributed by atoms with van der Waals surface area (Å²) in [5.74, 6) is -0.417. The Bertz CT molecular complexity index is 576. The predicted octanol–water partition coefficient (Wildman–Crippen LogP) is 1.84. The molecule has 6 nitrogen and oxygen atoms in total. The number of carbonyl (C=O) groups excluding carboxylic acids is 1. The zero-order chi connectivity index (χ0) is 13.8. The number of hydrogen-bond acceptors (Lipinski definition) is 6. The van der Waals surface area contributed by atoms with Crippen LogP contribution in [-0.4, -0.2) is 27.8 Å². The summed E-state index contributed by atoms with van der Waals surface area (Å²) in [6.45, 7) is 2.72. The first-order valence-electron chi connectivity index (χ1n) is 5.93. The van der Waals surface area contributed by atoms with E-state index in [0.717, 1.165) is 17.7 Å². The van der Waals surface area contributed by atoms with Gasteiger partial charge in [0.15, 0.2) is 10.8 Å². The zero-order valence-electron chi connectivity index (χ0n) is 11.1. The van der Waals surface area contributed by atoms with Crippen LogP contribution in [0.4, 0.5) is 5.13 Å². The molecule has 0 bridgehead atoms. The van der Waals surface area contributed by atoms with Gasteiger partial charge in [-0.1, -0.05) is 6.92 Å². The highest BCUT2D eigenvalue weighted by atomic mass is 32.1. The molecule has 0 amide bonds. The van der Waals surface area contributed by atoms with Crippen LogP contribution in [0.3, 0.4) is 0 Å². The number of aryl methyl sites for hydroxylation is 2. The molecule has 2 aromatic rings. The first kappa shape index (κ1) is 13.5. The van der Waals surface area contributed by atoms with Gasteiger partial charge in [-0.2, -0.15) is 5.10 Å². The Kier molecular flexibility index (Phi) is 4.16. The number of anilines is 1. The molecule has 0 saturated carbocycles. The van der Waals surface area contributed by atoms with E-state index in [1.165, 1.54) is 18.4 Å². The molecular formula is C12H16N4O2S. The summed E-state index contributed by atoms with van der Waals surface area (Å²) < 4.78 is 6.42. The van der Waals surface area contributed by atoms with Crippen molar-refractivity contribution in [3.05, 3.63) is 28.5 Å². The van der Waals surface area contributed by atoms with Crippen LogP contribution in [0.2, 0.25) is 0 Å². The van der Waals surface area contributed by atoms with Crippen LogP contribution in [0, 0.1) is 0 Å². The molecule has 0 unspecified atom stereocenters. The van der Waals surface area contributed by atoms with Crippen LogP contribution in [0.25, 0.3) is 0 Å². The van der Waals surface area contributed by atoms with Crippen molar-refractivity contribution in [3.63, 3.8) is 0 Å². The highest BCUT2D eigenvalue weighted by Crippen LogP contribution is 2.17. The Morgan fingerprint density at radius 1 is 1.58 bits per heavy atom. The van der Waals surface area contributed by atoms with Crippen molar-refractivity contribution in [3.8, 4) is 0 Å². The van der Waals surface area contributed by atoms with E-state index in [1.54, 1.807) is 10.1 Å². The molecule has 19 heavy (non-hydrogen) atoms. The summed E-state index contributed by atoms with van der Waals surface area (Å²) >= 11 is 1.38. The van der Waals surface area contributed by atoms with Gasteiger partial charge in [0.25, 0.3) is 0 Å². The lowest BCUT2D eigenvalue weighted by molar-refractivity contribution is 0.0595. The van der Waals surface area contributed by atoms with Crippen LogP contribution >= 0.6 is 11.3 Å². The van der Waals surface area contributed by atoms with Gasteiger partial charge in [0.2, 0.25) is 0 Å². The molecule has 7 heteroatoms. The molecule has 0 fully saturated rings. The van der Waals surface area contributed by atoms with Gasteiger partial charge in [-0.15, -0.1) is 11.3 Å². The number of hydrogen-bond donors (Lipinski definition) is 1. The molecule has 102 valence electrons. The van der Waals surface area contributed by atoms with Crippen molar-refractivity contribution in [2.45, 2.75) is 19.9 Å². The van der Waals surface area contributed by atoms with Gasteiger partial charge in [0.05, 0.1) is 12.8 Å². The van der Waals surface area contributed by atoms with Gasteiger partial charge in [0, 0.05) is 30.7 Å². The number of thiazole rings is 1. The predicted molar refractivity (Wildman–Crippen MR) is 73.4 cm³/mol. The number of rotatable bonds is 5. The second kappa shape index (κ2) is 5.83. The summed E-state index contributed by atoms with van der Waals surface area (Å²) in [7, 11) is 3.25. The second-order valence-electron chi connectivity index (χ2n) is 4.01. The fourth-order valence-corrected chi connectivity index (χ4v) is 2.43. The molecular weight excluding hydrogens is 264 g/mol. The first-order chi connectivity index (χ1) is 9.13. The van der Waals surface area contributed by atoms with E-state index >= 15 is 0 Å². The number of esters is 1. The standard InChI is InChI=1S/C12H16N4O2S/c1-4-9-8(6-16(2)15-9)5-13-12-14-10(7-19-12)11(17)18-3/h6-7H,4-5H2,1-3H3,(H,13,14). The van der Waals surface area contributed by atoms with Crippen LogP contribution in [0.1, 0.15) is 28.7 Å². The molecule has 0 radical (unpaired) electrons. The molecule has 2 heterocycles. The van der Waals surface area contributed by atoms with Gasteiger partial charge in [-0.05, 0) is 6.42 Å². The summed E-state index contributed by atoms with van der Waals surface area (Å²) in [6, 6.07) is 0.